The van der Waals surface area contributed by atoms with Crippen LogP contribution in [-0.4, -0.2) is 45.5 Å². The van der Waals surface area contributed by atoms with E-state index in [1.54, 1.807) is 18.0 Å². The molecule has 1 atom stereocenters. The Balaban J connectivity index is 1.79. The standard InChI is InChI=1S/C13H15N5O3/c1-8-10(17-7-21-8)13(19)18-4-5-20-9(6-18)11-12(14)16-3-2-15-11/h2-3,7,9H,4-6H2,1H3,(H2,14,16)/t9-/m1/s1. The van der Waals surface area contributed by atoms with Gasteiger partial charge in [0, 0.05) is 18.9 Å². The van der Waals surface area contributed by atoms with E-state index in [1.807, 2.05) is 0 Å². The Morgan fingerprint density at radius 3 is 2.90 bits per heavy atom. The summed E-state index contributed by atoms with van der Waals surface area (Å²) in [5.74, 6) is 0.633. The summed E-state index contributed by atoms with van der Waals surface area (Å²) in [7, 11) is 0. The van der Waals surface area contributed by atoms with Crippen molar-refractivity contribution < 1.29 is 13.9 Å². The summed E-state index contributed by atoms with van der Waals surface area (Å²) in [5, 5.41) is 0. The van der Waals surface area contributed by atoms with Crippen molar-refractivity contribution in [3.8, 4) is 0 Å². The quantitative estimate of drug-likeness (QED) is 0.861. The van der Waals surface area contributed by atoms with Gasteiger partial charge in [0.05, 0.1) is 13.2 Å². The van der Waals surface area contributed by atoms with Gasteiger partial charge >= 0.3 is 0 Å². The van der Waals surface area contributed by atoms with Crippen LogP contribution < -0.4 is 5.73 Å². The maximum atomic E-state index is 12.4. The summed E-state index contributed by atoms with van der Waals surface area (Å²) in [6.07, 6.45) is 3.95. The van der Waals surface area contributed by atoms with E-state index in [1.165, 1.54) is 12.6 Å². The minimum absolute atomic E-state index is 0.183. The summed E-state index contributed by atoms with van der Waals surface area (Å²) in [6.45, 7) is 2.96. The van der Waals surface area contributed by atoms with Crippen LogP contribution in [0.4, 0.5) is 5.82 Å². The monoisotopic (exact) mass is 289 g/mol. The van der Waals surface area contributed by atoms with Crippen LogP contribution in [0.25, 0.3) is 0 Å². The van der Waals surface area contributed by atoms with Crippen LogP contribution in [0.5, 0.6) is 0 Å². The number of amides is 1. The lowest BCUT2D eigenvalue weighted by atomic mass is 10.2. The molecule has 0 aromatic carbocycles. The average molecular weight is 289 g/mol. The molecular weight excluding hydrogens is 274 g/mol. The SMILES string of the molecule is Cc1ocnc1C(=O)N1CCO[C@@H](c2nccnc2N)C1. The zero-order valence-electron chi connectivity index (χ0n) is 11.5. The van der Waals surface area contributed by atoms with Gasteiger partial charge in [0.25, 0.3) is 5.91 Å². The smallest absolute Gasteiger partial charge is 0.276 e. The second-order valence-corrected chi connectivity index (χ2v) is 4.69. The summed E-state index contributed by atoms with van der Waals surface area (Å²) in [5.41, 5.74) is 6.68. The van der Waals surface area contributed by atoms with E-state index < -0.39 is 0 Å². The van der Waals surface area contributed by atoms with Gasteiger partial charge in [-0.15, -0.1) is 0 Å². The lowest BCUT2D eigenvalue weighted by Gasteiger charge is -2.32. The topological polar surface area (TPSA) is 107 Å². The van der Waals surface area contributed by atoms with Crippen LogP contribution in [0, 0.1) is 6.92 Å². The maximum absolute atomic E-state index is 12.4. The second kappa shape index (κ2) is 5.49. The van der Waals surface area contributed by atoms with Crippen molar-refractivity contribution in [2.75, 3.05) is 25.4 Å². The van der Waals surface area contributed by atoms with Gasteiger partial charge in [-0.2, -0.15) is 0 Å². The van der Waals surface area contributed by atoms with Crippen LogP contribution in [0.3, 0.4) is 0 Å². The Morgan fingerprint density at radius 2 is 2.19 bits per heavy atom. The molecule has 0 spiro atoms. The molecule has 0 aliphatic carbocycles. The molecule has 21 heavy (non-hydrogen) atoms. The van der Waals surface area contributed by atoms with Gasteiger partial charge < -0.3 is 19.8 Å². The first-order valence-electron chi connectivity index (χ1n) is 6.54. The summed E-state index contributed by atoms with van der Waals surface area (Å²) >= 11 is 0. The largest absolute Gasteiger partial charge is 0.448 e. The Hall–Kier alpha value is -2.48. The van der Waals surface area contributed by atoms with Gasteiger partial charge in [0.1, 0.15) is 23.4 Å². The predicted octanol–water partition coefficient (Wildman–Crippen LogP) is 0.569. The number of rotatable bonds is 2. The normalized spacial score (nSPS) is 18.7. The molecular formula is C13H15N5O3. The highest BCUT2D eigenvalue weighted by atomic mass is 16.5. The minimum Gasteiger partial charge on any atom is -0.448 e. The Kier molecular flexibility index (Phi) is 3.53. The Bertz CT molecular complexity index is 657. The van der Waals surface area contributed by atoms with Crippen LogP contribution in [0.2, 0.25) is 0 Å². The predicted molar refractivity (Wildman–Crippen MR) is 72.3 cm³/mol. The first kappa shape index (κ1) is 13.5. The summed E-state index contributed by atoms with van der Waals surface area (Å²) in [6, 6.07) is 0. The molecule has 3 rings (SSSR count). The van der Waals surface area contributed by atoms with Crippen molar-refractivity contribution in [1.29, 1.82) is 0 Å². The molecule has 3 heterocycles. The molecule has 8 heteroatoms. The van der Waals surface area contributed by atoms with Crippen LogP contribution in [-0.2, 0) is 4.74 Å². The second-order valence-electron chi connectivity index (χ2n) is 4.69. The van der Waals surface area contributed by atoms with Crippen LogP contribution in [0.1, 0.15) is 28.0 Å². The number of anilines is 1. The number of nitrogens with zero attached hydrogens (tertiary/aromatic N) is 4. The molecule has 2 aromatic rings. The molecule has 0 unspecified atom stereocenters. The zero-order valence-corrected chi connectivity index (χ0v) is 11.5. The third-order valence-electron chi connectivity index (χ3n) is 3.36. The highest BCUT2D eigenvalue weighted by molar-refractivity contribution is 5.93. The van der Waals surface area contributed by atoms with Crippen LogP contribution >= 0.6 is 0 Å². The molecule has 0 bridgehead atoms. The first-order chi connectivity index (χ1) is 10.2. The number of morpholine rings is 1. The van der Waals surface area contributed by atoms with Crippen molar-refractivity contribution in [2.24, 2.45) is 0 Å². The van der Waals surface area contributed by atoms with Crippen molar-refractivity contribution in [3.63, 3.8) is 0 Å². The van der Waals surface area contributed by atoms with E-state index in [9.17, 15) is 4.79 Å². The molecule has 110 valence electrons. The van der Waals surface area contributed by atoms with E-state index in [-0.39, 0.29) is 12.0 Å². The molecule has 1 saturated heterocycles. The number of aryl methyl sites for hydroxylation is 1. The van der Waals surface area contributed by atoms with E-state index in [2.05, 4.69) is 15.0 Å². The average Bonchev–Trinajstić information content (AvgIpc) is 2.93. The molecule has 2 N–H and O–H groups in total. The number of hydrogen-bond donors (Lipinski definition) is 1. The molecule has 1 fully saturated rings. The van der Waals surface area contributed by atoms with Crippen molar-refractivity contribution in [3.05, 3.63) is 35.9 Å². The van der Waals surface area contributed by atoms with Gasteiger partial charge in [-0.25, -0.2) is 9.97 Å². The fraction of sp³-hybridized carbons (Fsp3) is 0.385. The fourth-order valence-corrected chi connectivity index (χ4v) is 2.27. The van der Waals surface area contributed by atoms with Crippen molar-refractivity contribution in [1.82, 2.24) is 19.9 Å². The Morgan fingerprint density at radius 1 is 1.38 bits per heavy atom. The lowest BCUT2D eigenvalue weighted by molar-refractivity contribution is -0.0247. The number of carbonyl (C=O) groups excluding carboxylic acids is 1. The van der Waals surface area contributed by atoms with Gasteiger partial charge in [0.15, 0.2) is 12.1 Å². The van der Waals surface area contributed by atoms with Crippen LogP contribution in [0.15, 0.2) is 23.2 Å². The highest BCUT2D eigenvalue weighted by Gasteiger charge is 2.30. The van der Waals surface area contributed by atoms with E-state index >= 15 is 0 Å². The third kappa shape index (κ3) is 2.57. The van der Waals surface area contributed by atoms with Gasteiger partial charge in [-0.05, 0) is 6.92 Å². The van der Waals surface area contributed by atoms with E-state index in [4.69, 9.17) is 14.9 Å². The summed E-state index contributed by atoms with van der Waals surface area (Å²) in [4.78, 5) is 26.2. The number of hydrogen-bond acceptors (Lipinski definition) is 7. The molecule has 1 aliphatic heterocycles. The van der Waals surface area contributed by atoms with Crippen molar-refractivity contribution in [2.45, 2.75) is 13.0 Å². The maximum Gasteiger partial charge on any atom is 0.276 e. The van der Waals surface area contributed by atoms with Gasteiger partial charge in [-0.1, -0.05) is 0 Å². The third-order valence-corrected chi connectivity index (χ3v) is 3.36. The number of aromatic nitrogens is 3. The molecule has 0 saturated carbocycles. The molecule has 2 aromatic heterocycles. The molecule has 0 radical (unpaired) electrons. The Labute approximate surface area is 121 Å². The van der Waals surface area contributed by atoms with Crippen molar-refractivity contribution >= 4 is 11.7 Å². The first-order valence-corrected chi connectivity index (χ1v) is 6.54. The van der Waals surface area contributed by atoms with Gasteiger partial charge in [-0.3, -0.25) is 9.78 Å². The number of nitrogen functional groups attached to an aromatic ring is 1. The number of ether oxygens (including phenoxy) is 1. The zero-order chi connectivity index (χ0) is 14.8. The number of carbonyl (C=O) groups is 1. The fourth-order valence-electron chi connectivity index (χ4n) is 2.27. The van der Waals surface area contributed by atoms with E-state index in [0.717, 1.165) is 0 Å². The molecule has 8 nitrogen and oxygen atoms in total. The summed E-state index contributed by atoms with van der Waals surface area (Å²) < 4.78 is 10.7. The molecule has 1 aliphatic rings. The number of oxazole rings is 1. The highest BCUT2D eigenvalue weighted by Crippen LogP contribution is 2.24. The lowest BCUT2D eigenvalue weighted by Crippen LogP contribution is -2.43. The minimum atomic E-state index is -0.386. The molecule has 1 amide bonds. The number of nitrogens with two attached hydrogens (primary N) is 1. The van der Waals surface area contributed by atoms with E-state index in [0.29, 0.717) is 42.7 Å². The van der Waals surface area contributed by atoms with Gasteiger partial charge in [0.2, 0.25) is 0 Å².